The molecule has 104 valence electrons. The Morgan fingerprint density at radius 3 is 2.58 bits per heavy atom. The maximum Gasteiger partial charge on any atom is 0.254 e. The Balaban J connectivity index is 2.15. The van der Waals surface area contributed by atoms with Crippen LogP contribution in [0.1, 0.15) is 41.3 Å². The van der Waals surface area contributed by atoms with Crippen molar-refractivity contribution < 1.29 is 4.79 Å². The first-order valence-electron chi connectivity index (χ1n) is 7.22. The maximum atomic E-state index is 12.7. The average Bonchev–Trinajstić information content (AvgIpc) is 2.88. The van der Waals surface area contributed by atoms with Gasteiger partial charge < -0.3 is 10.2 Å². The maximum absolute atomic E-state index is 12.7. The van der Waals surface area contributed by atoms with E-state index in [-0.39, 0.29) is 5.91 Å². The van der Waals surface area contributed by atoms with E-state index in [1.54, 1.807) is 0 Å². The van der Waals surface area contributed by atoms with Gasteiger partial charge in [-0.3, -0.25) is 4.79 Å². The molecule has 1 aromatic carbocycles. The highest BCUT2D eigenvalue weighted by Crippen LogP contribution is 2.17. The van der Waals surface area contributed by atoms with E-state index < -0.39 is 0 Å². The van der Waals surface area contributed by atoms with Crippen molar-refractivity contribution >= 4 is 5.91 Å². The number of hydrogen-bond acceptors (Lipinski definition) is 2. The first-order valence-corrected chi connectivity index (χ1v) is 7.22. The summed E-state index contributed by atoms with van der Waals surface area (Å²) in [4.78, 5) is 14.7. The van der Waals surface area contributed by atoms with Crippen molar-refractivity contribution in [1.82, 2.24) is 10.2 Å². The van der Waals surface area contributed by atoms with Gasteiger partial charge in [0.25, 0.3) is 5.91 Å². The van der Waals surface area contributed by atoms with Gasteiger partial charge in [0.15, 0.2) is 0 Å². The molecule has 1 aliphatic heterocycles. The summed E-state index contributed by atoms with van der Waals surface area (Å²) in [6.07, 6.45) is 2.40. The highest BCUT2D eigenvalue weighted by atomic mass is 16.2. The minimum absolute atomic E-state index is 0.173. The zero-order chi connectivity index (χ0) is 13.8. The zero-order valence-corrected chi connectivity index (χ0v) is 12.2. The lowest BCUT2D eigenvalue weighted by atomic mass is 10.0. The summed E-state index contributed by atoms with van der Waals surface area (Å²) in [5.74, 6) is 0.173. The number of likely N-dealkylation sites (N-methyl/N-ethyl adjacent to an activating group) is 1. The molecule has 1 aliphatic rings. The molecule has 1 saturated heterocycles. The third-order valence-corrected chi connectivity index (χ3v) is 3.97. The van der Waals surface area contributed by atoms with Crippen LogP contribution in [-0.2, 0) is 0 Å². The van der Waals surface area contributed by atoms with Gasteiger partial charge in [0.1, 0.15) is 0 Å². The van der Waals surface area contributed by atoms with Crippen molar-refractivity contribution in [3.8, 4) is 0 Å². The lowest BCUT2D eigenvalue weighted by Gasteiger charge is -2.26. The summed E-state index contributed by atoms with van der Waals surface area (Å²) in [5.41, 5.74) is 3.02. The normalized spacial score (nSPS) is 18.6. The van der Waals surface area contributed by atoms with Crippen LogP contribution < -0.4 is 5.32 Å². The standard InChI is InChI=1S/C16H24N2O/c1-4-18(11-14-9-6-10-17-14)16(19)15-12(2)7-5-8-13(15)3/h5,7-8,14,17H,4,6,9-11H2,1-3H3. The first-order chi connectivity index (χ1) is 9.13. The number of benzene rings is 1. The molecule has 1 heterocycles. The molecule has 0 aliphatic carbocycles. The highest BCUT2D eigenvalue weighted by Gasteiger charge is 2.23. The van der Waals surface area contributed by atoms with E-state index in [4.69, 9.17) is 0 Å². The van der Waals surface area contributed by atoms with Crippen LogP contribution in [0.3, 0.4) is 0 Å². The van der Waals surface area contributed by atoms with Crippen molar-refractivity contribution in [1.29, 1.82) is 0 Å². The van der Waals surface area contributed by atoms with E-state index in [1.807, 2.05) is 36.9 Å². The molecule has 3 heteroatoms. The van der Waals surface area contributed by atoms with Gasteiger partial charge in [0, 0.05) is 24.7 Å². The Labute approximate surface area is 116 Å². The monoisotopic (exact) mass is 260 g/mol. The fraction of sp³-hybridized carbons (Fsp3) is 0.562. The predicted molar refractivity (Wildman–Crippen MR) is 78.5 cm³/mol. The second kappa shape index (κ2) is 6.20. The molecule has 0 aromatic heterocycles. The molecule has 1 N–H and O–H groups in total. The van der Waals surface area contributed by atoms with Crippen molar-refractivity contribution in [3.05, 3.63) is 34.9 Å². The number of carbonyl (C=O) groups excluding carboxylic acids is 1. The molecule has 0 bridgehead atoms. The number of nitrogens with zero attached hydrogens (tertiary/aromatic N) is 1. The van der Waals surface area contributed by atoms with Crippen molar-refractivity contribution in [2.45, 2.75) is 39.7 Å². The van der Waals surface area contributed by atoms with Crippen molar-refractivity contribution in [2.75, 3.05) is 19.6 Å². The summed E-state index contributed by atoms with van der Waals surface area (Å²) >= 11 is 0. The number of amides is 1. The summed E-state index contributed by atoms with van der Waals surface area (Å²) < 4.78 is 0. The average molecular weight is 260 g/mol. The number of hydrogen-bond donors (Lipinski definition) is 1. The summed E-state index contributed by atoms with van der Waals surface area (Å²) in [5, 5.41) is 3.46. The van der Waals surface area contributed by atoms with Crippen LogP contribution in [0.4, 0.5) is 0 Å². The van der Waals surface area contributed by atoms with Crippen LogP contribution >= 0.6 is 0 Å². The Morgan fingerprint density at radius 1 is 1.37 bits per heavy atom. The second-order valence-corrected chi connectivity index (χ2v) is 5.40. The minimum atomic E-state index is 0.173. The summed E-state index contributed by atoms with van der Waals surface area (Å²) in [7, 11) is 0. The van der Waals surface area contributed by atoms with Crippen LogP contribution in [0.5, 0.6) is 0 Å². The van der Waals surface area contributed by atoms with E-state index in [0.29, 0.717) is 6.04 Å². The van der Waals surface area contributed by atoms with Crippen LogP contribution in [0, 0.1) is 13.8 Å². The molecule has 0 radical (unpaired) electrons. The Morgan fingerprint density at radius 2 is 2.05 bits per heavy atom. The van der Waals surface area contributed by atoms with E-state index in [1.165, 1.54) is 12.8 Å². The van der Waals surface area contributed by atoms with Crippen LogP contribution in [-0.4, -0.2) is 36.5 Å². The number of rotatable bonds is 4. The minimum Gasteiger partial charge on any atom is -0.337 e. The molecule has 19 heavy (non-hydrogen) atoms. The molecule has 1 unspecified atom stereocenters. The van der Waals surface area contributed by atoms with Gasteiger partial charge in [0.2, 0.25) is 0 Å². The molecule has 2 rings (SSSR count). The first kappa shape index (κ1) is 14.1. The molecule has 1 fully saturated rings. The third-order valence-electron chi connectivity index (χ3n) is 3.97. The molecular weight excluding hydrogens is 236 g/mol. The molecule has 0 saturated carbocycles. The van der Waals surface area contributed by atoms with Crippen LogP contribution in [0.15, 0.2) is 18.2 Å². The summed E-state index contributed by atoms with van der Waals surface area (Å²) in [6.45, 7) is 8.76. The lowest BCUT2D eigenvalue weighted by molar-refractivity contribution is 0.0750. The van der Waals surface area contributed by atoms with Gasteiger partial charge in [-0.05, 0) is 51.3 Å². The number of nitrogens with one attached hydrogen (secondary N) is 1. The van der Waals surface area contributed by atoms with E-state index in [9.17, 15) is 4.79 Å². The smallest absolute Gasteiger partial charge is 0.254 e. The molecule has 0 spiro atoms. The largest absolute Gasteiger partial charge is 0.337 e. The van der Waals surface area contributed by atoms with Gasteiger partial charge in [-0.25, -0.2) is 0 Å². The van der Waals surface area contributed by atoms with Gasteiger partial charge in [-0.2, -0.15) is 0 Å². The fourth-order valence-electron chi connectivity index (χ4n) is 2.84. The molecule has 3 nitrogen and oxygen atoms in total. The van der Waals surface area contributed by atoms with E-state index >= 15 is 0 Å². The van der Waals surface area contributed by atoms with Crippen molar-refractivity contribution in [2.24, 2.45) is 0 Å². The predicted octanol–water partition coefficient (Wildman–Crippen LogP) is 2.52. The Kier molecular flexibility index (Phi) is 4.59. The molecular formula is C16H24N2O. The van der Waals surface area contributed by atoms with Crippen LogP contribution in [0.2, 0.25) is 0 Å². The van der Waals surface area contributed by atoms with E-state index in [2.05, 4.69) is 12.2 Å². The van der Waals surface area contributed by atoms with E-state index in [0.717, 1.165) is 36.3 Å². The third kappa shape index (κ3) is 3.16. The molecule has 1 atom stereocenters. The van der Waals surface area contributed by atoms with Gasteiger partial charge in [-0.15, -0.1) is 0 Å². The summed E-state index contributed by atoms with van der Waals surface area (Å²) in [6, 6.07) is 6.51. The SMILES string of the molecule is CCN(CC1CCCN1)C(=O)c1c(C)cccc1C. The lowest BCUT2D eigenvalue weighted by Crippen LogP contribution is -2.41. The molecule has 1 amide bonds. The fourth-order valence-corrected chi connectivity index (χ4v) is 2.84. The Hall–Kier alpha value is -1.35. The second-order valence-electron chi connectivity index (χ2n) is 5.40. The van der Waals surface area contributed by atoms with Crippen molar-refractivity contribution in [3.63, 3.8) is 0 Å². The number of carbonyl (C=O) groups is 1. The highest BCUT2D eigenvalue weighted by molar-refractivity contribution is 5.97. The van der Waals surface area contributed by atoms with Gasteiger partial charge in [-0.1, -0.05) is 18.2 Å². The zero-order valence-electron chi connectivity index (χ0n) is 12.2. The number of aryl methyl sites for hydroxylation is 2. The topological polar surface area (TPSA) is 32.3 Å². The van der Waals surface area contributed by atoms with Crippen LogP contribution in [0.25, 0.3) is 0 Å². The van der Waals surface area contributed by atoms with Gasteiger partial charge in [0.05, 0.1) is 0 Å². The molecule has 1 aromatic rings. The van der Waals surface area contributed by atoms with Gasteiger partial charge >= 0.3 is 0 Å². The quantitative estimate of drug-likeness (QED) is 0.902. The Bertz CT molecular complexity index is 430.